The first-order valence-corrected chi connectivity index (χ1v) is 6.36. The third-order valence-electron chi connectivity index (χ3n) is 3.91. The molecule has 0 heterocycles. The molecule has 1 saturated carbocycles. The van der Waals surface area contributed by atoms with E-state index in [-0.39, 0.29) is 17.3 Å². The molecule has 1 aliphatic carbocycles. The molecule has 2 atom stereocenters. The lowest BCUT2D eigenvalue weighted by atomic mass is 10.1. The largest absolute Gasteiger partial charge is 0.469 e. The highest BCUT2D eigenvalue weighted by atomic mass is 16.5. The second-order valence-electron chi connectivity index (χ2n) is 5.47. The van der Waals surface area contributed by atoms with Crippen LogP contribution in [0, 0.1) is 17.3 Å². The van der Waals surface area contributed by atoms with Crippen LogP contribution in [-0.2, 0) is 16.0 Å². The second kappa shape index (κ2) is 4.97. The Hall–Kier alpha value is -1.57. The SMILES string of the molecule is COC(=O)C1C(C=CCc2ccccc2)C1(C)C. The zero-order valence-electron chi connectivity index (χ0n) is 11.2. The molecule has 1 aliphatic rings. The van der Waals surface area contributed by atoms with Crippen molar-refractivity contribution < 1.29 is 9.53 Å². The summed E-state index contributed by atoms with van der Waals surface area (Å²) in [6.07, 6.45) is 5.24. The van der Waals surface area contributed by atoms with Gasteiger partial charge in [0, 0.05) is 0 Å². The van der Waals surface area contributed by atoms with Crippen molar-refractivity contribution in [2.45, 2.75) is 20.3 Å². The first kappa shape index (κ1) is 12.9. The molecule has 2 rings (SSSR count). The highest BCUT2D eigenvalue weighted by molar-refractivity contribution is 5.78. The fourth-order valence-corrected chi connectivity index (χ4v) is 2.58. The average Bonchev–Trinajstić information content (AvgIpc) is 2.92. The third-order valence-corrected chi connectivity index (χ3v) is 3.91. The van der Waals surface area contributed by atoms with Crippen LogP contribution in [-0.4, -0.2) is 13.1 Å². The van der Waals surface area contributed by atoms with E-state index >= 15 is 0 Å². The molecule has 1 aromatic carbocycles. The van der Waals surface area contributed by atoms with Gasteiger partial charge in [0.15, 0.2) is 0 Å². The van der Waals surface area contributed by atoms with Gasteiger partial charge in [-0.25, -0.2) is 0 Å². The maximum Gasteiger partial charge on any atom is 0.309 e. The minimum atomic E-state index is -0.0886. The molecule has 0 amide bonds. The quantitative estimate of drug-likeness (QED) is 0.600. The number of benzene rings is 1. The molecule has 2 heteroatoms. The summed E-state index contributed by atoms with van der Waals surface area (Å²) in [5.74, 6) is 0.248. The van der Waals surface area contributed by atoms with Crippen molar-refractivity contribution >= 4 is 5.97 Å². The fraction of sp³-hybridized carbons (Fsp3) is 0.438. The van der Waals surface area contributed by atoms with Gasteiger partial charge in [-0.3, -0.25) is 4.79 Å². The smallest absolute Gasteiger partial charge is 0.309 e. The Labute approximate surface area is 109 Å². The summed E-state index contributed by atoms with van der Waals surface area (Å²) in [4.78, 5) is 11.6. The van der Waals surface area contributed by atoms with E-state index in [1.807, 2.05) is 18.2 Å². The minimum absolute atomic E-state index is 0.0227. The molecule has 0 saturated heterocycles. The normalized spacial score (nSPS) is 25.1. The topological polar surface area (TPSA) is 26.3 Å². The molecule has 18 heavy (non-hydrogen) atoms. The summed E-state index contributed by atoms with van der Waals surface area (Å²) in [6.45, 7) is 4.23. The summed E-state index contributed by atoms with van der Waals surface area (Å²) < 4.78 is 4.83. The van der Waals surface area contributed by atoms with Crippen molar-refractivity contribution in [2.75, 3.05) is 7.11 Å². The molecule has 0 N–H and O–H groups in total. The highest BCUT2D eigenvalue weighted by Crippen LogP contribution is 2.59. The van der Waals surface area contributed by atoms with Crippen LogP contribution in [0.4, 0.5) is 0 Å². The van der Waals surface area contributed by atoms with Crippen molar-refractivity contribution in [1.82, 2.24) is 0 Å². The standard InChI is InChI=1S/C16H20O2/c1-16(2)13(14(16)15(17)18-3)11-7-10-12-8-5-4-6-9-12/h4-9,11,13-14H,10H2,1-3H3. The maximum absolute atomic E-state index is 11.6. The van der Waals surface area contributed by atoms with Gasteiger partial charge in [0.2, 0.25) is 0 Å². The van der Waals surface area contributed by atoms with Crippen LogP contribution in [0.5, 0.6) is 0 Å². The van der Waals surface area contributed by atoms with Crippen molar-refractivity contribution in [3.05, 3.63) is 48.0 Å². The van der Waals surface area contributed by atoms with E-state index in [2.05, 4.69) is 38.1 Å². The Morgan fingerprint density at radius 2 is 2.00 bits per heavy atom. The molecule has 0 radical (unpaired) electrons. The van der Waals surface area contributed by atoms with Gasteiger partial charge in [0.05, 0.1) is 13.0 Å². The van der Waals surface area contributed by atoms with E-state index < -0.39 is 0 Å². The molecule has 0 bridgehead atoms. The van der Waals surface area contributed by atoms with E-state index in [1.54, 1.807) is 0 Å². The third kappa shape index (κ3) is 2.47. The van der Waals surface area contributed by atoms with Crippen LogP contribution in [0.25, 0.3) is 0 Å². The summed E-state index contributed by atoms with van der Waals surface area (Å²) in [5.41, 5.74) is 1.34. The molecule has 0 aromatic heterocycles. The van der Waals surface area contributed by atoms with E-state index in [0.717, 1.165) is 6.42 Å². The Morgan fingerprint density at radius 1 is 1.33 bits per heavy atom. The van der Waals surface area contributed by atoms with Crippen LogP contribution >= 0.6 is 0 Å². The molecule has 0 aliphatic heterocycles. The van der Waals surface area contributed by atoms with Gasteiger partial charge in [-0.15, -0.1) is 0 Å². The van der Waals surface area contributed by atoms with E-state index in [9.17, 15) is 4.79 Å². The number of esters is 1. The molecule has 96 valence electrons. The molecular weight excluding hydrogens is 224 g/mol. The zero-order chi connectivity index (χ0) is 13.2. The van der Waals surface area contributed by atoms with Gasteiger partial charge in [-0.1, -0.05) is 56.3 Å². The van der Waals surface area contributed by atoms with E-state index in [1.165, 1.54) is 12.7 Å². The van der Waals surface area contributed by atoms with Crippen molar-refractivity contribution in [2.24, 2.45) is 17.3 Å². The number of carbonyl (C=O) groups is 1. The number of carbonyl (C=O) groups excluding carboxylic acids is 1. The first-order chi connectivity index (χ1) is 8.57. The second-order valence-corrected chi connectivity index (χ2v) is 5.47. The van der Waals surface area contributed by atoms with E-state index in [4.69, 9.17) is 4.74 Å². The lowest BCUT2D eigenvalue weighted by molar-refractivity contribution is -0.143. The lowest BCUT2D eigenvalue weighted by Gasteiger charge is -1.99. The number of ether oxygens (including phenoxy) is 1. The molecule has 1 fully saturated rings. The number of rotatable bonds is 4. The van der Waals surface area contributed by atoms with Crippen LogP contribution in [0.15, 0.2) is 42.5 Å². The minimum Gasteiger partial charge on any atom is -0.469 e. The fourth-order valence-electron chi connectivity index (χ4n) is 2.58. The predicted octanol–water partition coefficient (Wildman–Crippen LogP) is 3.23. The Balaban J connectivity index is 1.93. The van der Waals surface area contributed by atoms with Gasteiger partial charge in [0.1, 0.15) is 0 Å². The predicted molar refractivity (Wildman–Crippen MR) is 72.1 cm³/mol. The Morgan fingerprint density at radius 3 is 2.61 bits per heavy atom. The van der Waals surface area contributed by atoms with Crippen LogP contribution in [0.1, 0.15) is 19.4 Å². The zero-order valence-corrected chi connectivity index (χ0v) is 11.2. The molecule has 2 nitrogen and oxygen atoms in total. The van der Waals surface area contributed by atoms with Gasteiger partial charge >= 0.3 is 5.97 Å². The Kier molecular flexibility index (Phi) is 3.55. The van der Waals surface area contributed by atoms with E-state index in [0.29, 0.717) is 5.92 Å². The molecule has 2 unspecified atom stereocenters. The first-order valence-electron chi connectivity index (χ1n) is 6.36. The van der Waals surface area contributed by atoms with Gasteiger partial charge in [-0.05, 0) is 23.3 Å². The Bertz CT molecular complexity index is 445. The monoisotopic (exact) mass is 244 g/mol. The number of hydrogen-bond acceptors (Lipinski definition) is 2. The van der Waals surface area contributed by atoms with Gasteiger partial charge < -0.3 is 4.74 Å². The van der Waals surface area contributed by atoms with Crippen molar-refractivity contribution in [3.63, 3.8) is 0 Å². The van der Waals surface area contributed by atoms with Crippen molar-refractivity contribution in [1.29, 1.82) is 0 Å². The van der Waals surface area contributed by atoms with Gasteiger partial charge in [0.25, 0.3) is 0 Å². The maximum atomic E-state index is 11.6. The van der Waals surface area contributed by atoms with Gasteiger partial charge in [-0.2, -0.15) is 0 Å². The molecular formula is C16H20O2. The highest BCUT2D eigenvalue weighted by Gasteiger charge is 2.61. The van der Waals surface area contributed by atoms with Crippen LogP contribution in [0.3, 0.4) is 0 Å². The number of allylic oxidation sites excluding steroid dienone is 2. The molecule has 1 aromatic rings. The summed E-state index contributed by atoms with van der Waals surface area (Å²) in [5, 5.41) is 0. The lowest BCUT2D eigenvalue weighted by Crippen LogP contribution is -2.07. The molecule has 0 spiro atoms. The van der Waals surface area contributed by atoms with Crippen LogP contribution in [0.2, 0.25) is 0 Å². The summed E-state index contributed by atoms with van der Waals surface area (Å²) >= 11 is 0. The number of methoxy groups -OCH3 is 1. The summed E-state index contributed by atoms with van der Waals surface area (Å²) in [7, 11) is 1.46. The average molecular weight is 244 g/mol. The summed E-state index contributed by atoms with van der Waals surface area (Å²) in [6, 6.07) is 10.3. The number of hydrogen-bond donors (Lipinski definition) is 0. The van der Waals surface area contributed by atoms with Crippen LogP contribution < -0.4 is 0 Å². The van der Waals surface area contributed by atoms with Crippen molar-refractivity contribution in [3.8, 4) is 0 Å².